The van der Waals surface area contributed by atoms with E-state index >= 15 is 0 Å². The molecule has 8 heteroatoms. The van der Waals surface area contributed by atoms with Crippen molar-refractivity contribution in [1.29, 1.82) is 0 Å². The van der Waals surface area contributed by atoms with Gasteiger partial charge in [-0.3, -0.25) is 4.79 Å². The third-order valence-corrected chi connectivity index (χ3v) is 2.29. The van der Waals surface area contributed by atoms with Crippen LogP contribution in [0.2, 0.25) is 0 Å². The summed E-state index contributed by atoms with van der Waals surface area (Å²) in [7, 11) is 0. The molecule has 0 atom stereocenters. The molecule has 2 rings (SSSR count). The maximum absolute atomic E-state index is 13.5. The Kier molecular flexibility index (Phi) is 3.56. The van der Waals surface area contributed by atoms with Gasteiger partial charge in [-0.2, -0.15) is 0 Å². The summed E-state index contributed by atoms with van der Waals surface area (Å²) >= 11 is 0. The third-order valence-electron chi connectivity index (χ3n) is 2.29. The predicted octanol–water partition coefficient (Wildman–Crippen LogP) is 1.21. The van der Waals surface area contributed by atoms with Crippen LogP contribution in [-0.4, -0.2) is 27.2 Å². The second-order valence-electron chi connectivity index (χ2n) is 3.67. The average Bonchev–Trinajstić information content (AvgIpc) is 2.39. The van der Waals surface area contributed by atoms with Gasteiger partial charge in [0.1, 0.15) is 11.6 Å². The maximum Gasteiger partial charge on any atom is 0.356 e. The highest BCUT2D eigenvalue weighted by atomic mass is 19.1. The molecule has 1 heterocycles. The number of primary amides is 1. The molecule has 0 bridgehead atoms. The summed E-state index contributed by atoms with van der Waals surface area (Å²) in [6.45, 7) is 0. The number of amides is 1. The second-order valence-corrected chi connectivity index (χ2v) is 3.67. The van der Waals surface area contributed by atoms with E-state index in [1.165, 1.54) is 24.3 Å². The molecule has 0 saturated carbocycles. The molecule has 1 aromatic heterocycles. The highest BCUT2D eigenvalue weighted by Crippen LogP contribution is 2.21. The Labute approximate surface area is 111 Å². The van der Waals surface area contributed by atoms with Crippen molar-refractivity contribution >= 4 is 11.9 Å². The number of nitrogens with two attached hydrogens (primary N) is 1. The molecule has 1 amide bonds. The number of aromatic carboxylic acids is 1. The van der Waals surface area contributed by atoms with Crippen LogP contribution in [0, 0.1) is 5.82 Å². The van der Waals surface area contributed by atoms with Gasteiger partial charge in [-0.1, -0.05) is 0 Å². The van der Waals surface area contributed by atoms with Crippen LogP contribution >= 0.6 is 0 Å². The lowest BCUT2D eigenvalue weighted by atomic mass is 10.2. The van der Waals surface area contributed by atoms with Gasteiger partial charge in [0.05, 0.1) is 5.56 Å². The summed E-state index contributed by atoms with van der Waals surface area (Å²) in [5.74, 6) is -2.88. The number of carboxylic acids is 1. The van der Waals surface area contributed by atoms with E-state index in [9.17, 15) is 14.0 Å². The summed E-state index contributed by atoms with van der Waals surface area (Å²) in [5, 5.41) is 15.6. The van der Waals surface area contributed by atoms with Crippen LogP contribution in [0.15, 0.2) is 30.3 Å². The molecule has 20 heavy (non-hydrogen) atoms. The first-order chi connectivity index (χ1) is 9.47. The Bertz CT molecular complexity index is 673. The first kappa shape index (κ1) is 13.4. The molecular formula is C12H8FN3O4. The summed E-state index contributed by atoms with van der Waals surface area (Å²) in [6, 6.07) is 5.93. The lowest BCUT2D eigenvalue weighted by Gasteiger charge is -2.05. The summed E-state index contributed by atoms with van der Waals surface area (Å²) < 4.78 is 18.6. The smallest absolute Gasteiger partial charge is 0.356 e. The quantitative estimate of drug-likeness (QED) is 0.867. The number of halogens is 1. The van der Waals surface area contributed by atoms with E-state index in [1.54, 1.807) is 0 Å². The van der Waals surface area contributed by atoms with Crippen LogP contribution < -0.4 is 10.5 Å². The van der Waals surface area contributed by atoms with Crippen molar-refractivity contribution in [3.05, 3.63) is 47.4 Å². The average molecular weight is 277 g/mol. The minimum atomic E-state index is -1.22. The molecule has 0 aliphatic carbocycles. The fourth-order valence-electron chi connectivity index (χ4n) is 1.37. The second kappa shape index (κ2) is 5.31. The number of rotatable bonds is 4. The normalized spacial score (nSPS) is 10.1. The lowest BCUT2D eigenvalue weighted by Crippen LogP contribution is -2.12. The number of hydrogen-bond acceptors (Lipinski definition) is 5. The van der Waals surface area contributed by atoms with E-state index in [2.05, 4.69) is 10.2 Å². The number of carboxylic acid groups (broad SMARTS) is 1. The zero-order valence-corrected chi connectivity index (χ0v) is 9.91. The van der Waals surface area contributed by atoms with Crippen LogP contribution in [0.4, 0.5) is 4.39 Å². The number of carbonyl (C=O) groups is 2. The van der Waals surface area contributed by atoms with Gasteiger partial charge in [0, 0.05) is 12.1 Å². The molecule has 0 radical (unpaired) electrons. The zero-order chi connectivity index (χ0) is 14.7. The van der Waals surface area contributed by atoms with Gasteiger partial charge < -0.3 is 15.6 Å². The van der Waals surface area contributed by atoms with Gasteiger partial charge in [-0.05, 0) is 18.2 Å². The van der Waals surface area contributed by atoms with Crippen LogP contribution in [0.5, 0.6) is 11.6 Å². The maximum atomic E-state index is 13.5. The molecule has 0 aliphatic heterocycles. The number of nitrogens with zero attached hydrogens (tertiary/aromatic N) is 2. The predicted molar refractivity (Wildman–Crippen MR) is 64.0 cm³/mol. The highest BCUT2D eigenvalue weighted by Gasteiger charge is 2.11. The molecule has 0 saturated heterocycles. The molecule has 3 N–H and O–H groups in total. The summed E-state index contributed by atoms with van der Waals surface area (Å²) in [5.41, 5.74) is 4.46. The van der Waals surface area contributed by atoms with Crippen LogP contribution in [-0.2, 0) is 0 Å². The Hall–Kier alpha value is -3.03. The first-order valence-electron chi connectivity index (χ1n) is 5.31. The number of carbonyl (C=O) groups excluding carboxylic acids is 1. The minimum absolute atomic E-state index is 0.0128. The van der Waals surface area contributed by atoms with Crippen LogP contribution in [0.25, 0.3) is 0 Å². The fourth-order valence-corrected chi connectivity index (χ4v) is 1.37. The Balaban J connectivity index is 2.19. The summed E-state index contributed by atoms with van der Waals surface area (Å²) in [6.07, 6.45) is 0. The van der Waals surface area contributed by atoms with E-state index in [0.717, 1.165) is 6.07 Å². The standard InChI is InChI=1S/C12H8FN3O4/c13-8-5-6(1-2-7(8)11(14)17)20-10-4-3-9(12(18)19)15-16-10/h1-5H,(H2,14,17)(H,18,19). The van der Waals surface area contributed by atoms with Crippen molar-refractivity contribution < 1.29 is 23.8 Å². The molecule has 0 fully saturated rings. The van der Waals surface area contributed by atoms with Crippen molar-refractivity contribution in [2.75, 3.05) is 0 Å². The molecular weight excluding hydrogens is 269 g/mol. The summed E-state index contributed by atoms with van der Waals surface area (Å²) in [4.78, 5) is 21.4. The van der Waals surface area contributed by atoms with Gasteiger partial charge in [0.2, 0.25) is 5.88 Å². The number of aromatic nitrogens is 2. The van der Waals surface area contributed by atoms with Crippen molar-refractivity contribution in [2.24, 2.45) is 5.73 Å². The van der Waals surface area contributed by atoms with Gasteiger partial charge in [0.15, 0.2) is 5.69 Å². The van der Waals surface area contributed by atoms with Crippen LogP contribution in [0.1, 0.15) is 20.8 Å². The van der Waals surface area contributed by atoms with E-state index in [1.807, 2.05) is 0 Å². The SMILES string of the molecule is NC(=O)c1ccc(Oc2ccc(C(=O)O)nn2)cc1F. The number of hydrogen-bond donors (Lipinski definition) is 2. The number of benzene rings is 1. The van der Waals surface area contributed by atoms with E-state index in [4.69, 9.17) is 15.6 Å². The van der Waals surface area contributed by atoms with Gasteiger partial charge in [-0.25, -0.2) is 9.18 Å². The molecule has 0 spiro atoms. The largest absolute Gasteiger partial charge is 0.476 e. The lowest BCUT2D eigenvalue weighted by molar-refractivity contribution is 0.0688. The van der Waals surface area contributed by atoms with Gasteiger partial charge >= 0.3 is 5.97 Å². The molecule has 1 aromatic carbocycles. The van der Waals surface area contributed by atoms with Crippen LogP contribution in [0.3, 0.4) is 0 Å². The van der Waals surface area contributed by atoms with Crippen molar-refractivity contribution in [3.63, 3.8) is 0 Å². The minimum Gasteiger partial charge on any atom is -0.476 e. The molecule has 0 aliphatic rings. The highest BCUT2D eigenvalue weighted by molar-refractivity contribution is 5.93. The van der Waals surface area contributed by atoms with Crippen molar-refractivity contribution in [1.82, 2.24) is 10.2 Å². The fraction of sp³-hybridized carbons (Fsp3) is 0. The van der Waals surface area contributed by atoms with Gasteiger partial charge in [0.25, 0.3) is 5.91 Å². The number of ether oxygens (including phenoxy) is 1. The third kappa shape index (κ3) is 2.86. The molecule has 0 unspecified atom stereocenters. The van der Waals surface area contributed by atoms with Gasteiger partial charge in [-0.15, -0.1) is 10.2 Å². The Morgan fingerprint density at radius 3 is 2.45 bits per heavy atom. The topological polar surface area (TPSA) is 115 Å². The van der Waals surface area contributed by atoms with E-state index < -0.39 is 17.7 Å². The Morgan fingerprint density at radius 2 is 1.95 bits per heavy atom. The molecule has 7 nitrogen and oxygen atoms in total. The Morgan fingerprint density at radius 1 is 1.20 bits per heavy atom. The van der Waals surface area contributed by atoms with E-state index in [0.29, 0.717) is 0 Å². The van der Waals surface area contributed by atoms with Crippen molar-refractivity contribution in [3.8, 4) is 11.6 Å². The van der Waals surface area contributed by atoms with E-state index in [-0.39, 0.29) is 22.9 Å². The monoisotopic (exact) mass is 277 g/mol. The molecule has 102 valence electrons. The van der Waals surface area contributed by atoms with Crippen molar-refractivity contribution in [2.45, 2.75) is 0 Å². The first-order valence-corrected chi connectivity index (χ1v) is 5.31. The zero-order valence-electron chi connectivity index (χ0n) is 9.91. The molecule has 2 aromatic rings.